The number of aliphatic hydroxyl groups is 3. The average Bonchev–Trinajstić information content (AvgIpc) is 3.41. The largest absolute Gasteiger partial charge is 0.477 e. The van der Waals surface area contributed by atoms with Gasteiger partial charge in [-0.15, -0.1) is 0 Å². The van der Waals surface area contributed by atoms with Crippen molar-refractivity contribution < 1.29 is 91.9 Å². The summed E-state index contributed by atoms with van der Waals surface area (Å²) < 4.78 is 62.8. The Kier molecular flexibility index (Phi) is 25.1. The van der Waals surface area contributed by atoms with Gasteiger partial charge in [-0.25, -0.2) is 9.36 Å². The Bertz CT molecular complexity index is 2500. The quantitative estimate of drug-likeness (QED) is 0.0832. The number of carboxylic acid groups (broad SMARTS) is 1. The highest BCUT2D eigenvalue weighted by molar-refractivity contribution is 7.45. The van der Waals surface area contributed by atoms with E-state index in [1.165, 1.54) is 20.2 Å². The van der Waals surface area contributed by atoms with Crippen LogP contribution in [0.1, 0.15) is 117 Å². The van der Waals surface area contributed by atoms with Gasteiger partial charge in [0.2, 0.25) is 5.43 Å². The maximum absolute atomic E-state index is 14.6. The van der Waals surface area contributed by atoms with Crippen LogP contribution in [0.2, 0.25) is 0 Å². The number of fused-ring (bicyclic) bond motifs is 1. The summed E-state index contributed by atoms with van der Waals surface area (Å²) in [4.78, 5) is 79.5. The number of aryl methyl sites for hydroxylation is 1. The molecule has 3 aliphatic heterocycles. The van der Waals surface area contributed by atoms with Crippen LogP contribution in [0.15, 0.2) is 29.2 Å². The number of esters is 1. The predicted octanol–water partition coefficient (Wildman–Crippen LogP) is 3.31. The van der Waals surface area contributed by atoms with E-state index in [4.69, 9.17) is 57.1 Å². The number of carboxylic acids is 1. The van der Waals surface area contributed by atoms with Gasteiger partial charge < -0.3 is 87.8 Å². The van der Waals surface area contributed by atoms with Crippen molar-refractivity contribution in [3.8, 4) is 0 Å². The number of phosphoric acid groups is 1. The van der Waals surface area contributed by atoms with Crippen LogP contribution < -0.4 is 10.4 Å². The minimum absolute atomic E-state index is 0.0869. The number of carbonyl (C=O) groups is 3. The van der Waals surface area contributed by atoms with E-state index < -0.39 is 121 Å². The van der Waals surface area contributed by atoms with Crippen LogP contribution in [-0.2, 0) is 58.5 Å². The normalized spacial score (nSPS) is 35.7. The molecule has 0 radical (unpaired) electrons. The van der Waals surface area contributed by atoms with E-state index >= 15 is 0 Å². The minimum Gasteiger partial charge on any atom is -0.477 e. The van der Waals surface area contributed by atoms with Crippen LogP contribution in [0.5, 0.6) is 0 Å². The van der Waals surface area contributed by atoms with E-state index in [0.29, 0.717) is 43.4 Å². The van der Waals surface area contributed by atoms with E-state index in [9.17, 15) is 39.6 Å². The van der Waals surface area contributed by atoms with E-state index in [2.05, 4.69) is 4.90 Å². The zero-order valence-corrected chi connectivity index (χ0v) is 51.4. The second-order valence-electron chi connectivity index (χ2n) is 23.6. The Morgan fingerprint density at radius 2 is 1.47 bits per heavy atom. The monoisotopic (exact) mass is 1170 g/mol. The van der Waals surface area contributed by atoms with Crippen molar-refractivity contribution >= 4 is 36.4 Å². The number of cyclic esters (lactones) is 1. The van der Waals surface area contributed by atoms with Crippen molar-refractivity contribution in [2.75, 3.05) is 74.2 Å². The summed E-state index contributed by atoms with van der Waals surface area (Å²) in [5.41, 5.74) is -3.51. The molecule has 0 unspecified atom stereocenters. The fraction of sp³-hybridized carbons (Fsp3) is 0.786. The lowest BCUT2D eigenvalue weighted by molar-refractivity contribution is -0.322. The van der Waals surface area contributed by atoms with Crippen LogP contribution >= 0.6 is 7.82 Å². The van der Waals surface area contributed by atoms with E-state index in [1.807, 2.05) is 72.8 Å². The van der Waals surface area contributed by atoms with E-state index in [0.717, 1.165) is 12.0 Å². The first-order valence-electron chi connectivity index (χ1n) is 27.8. The lowest BCUT2D eigenvalue weighted by Crippen LogP contribution is -2.61. The molecular weight excluding hydrogens is 1080 g/mol. The molecule has 7 N–H and O–H groups in total. The molecule has 1 aromatic heterocycles. The minimum atomic E-state index is -4.64. The molecule has 3 fully saturated rings. The Balaban J connectivity index is 0.00000270. The Morgan fingerprint density at radius 3 is 2.02 bits per heavy atom. The van der Waals surface area contributed by atoms with Crippen molar-refractivity contribution in [3.05, 3.63) is 45.7 Å². The molecule has 0 amide bonds. The molecule has 0 spiro atoms. The number of ketones is 1. The molecule has 0 saturated carbocycles. The van der Waals surface area contributed by atoms with Gasteiger partial charge in [0, 0.05) is 76.7 Å². The zero-order chi connectivity index (χ0) is 61.4. The van der Waals surface area contributed by atoms with Crippen molar-refractivity contribution in [3.63, 3.8) is 0 Å². The average molecular weight is 1180 g/mol. The van der Waals surface area contributed by atoms with Gasteiger partial charge in [-0.3, -0.25) is 19.1 Å². The molecule has 0 bridgehead atoms. The van der Waals surface area contributed by atoms with Crippen LogP contribution in [0, 0.1) is 23.7 Å². The molecule has 1 aromatic carbocycles. The van der Waals surface area contributed by atoms with Gasteiger partial charge in [0.25, 0.3) is 0 Å². The number of Topliss-reactive ketones (excluding diaryl/α,β-unsaturated/α-hetero) is 1. The Hall–Kier alpha value is -3.53. The summed E-state index contributed by atoms with van der Waals surface area (Å²) in [6, 6.07) is 5.27. The fourth-order valence-corrected chi connectivity index (χ4v) is 11.9. The van der Waals surface area contributed by atoms with Crippen molar-refractivity contribution in [2.24, 2.45) is 23.7 Å². The summed E-state index contributed by atoms with van der Waals surface area (Å²) in [7, 11) is 7.80. The first kappa shape index (κ1) is 70.0. The number of benzene rings is 1. The number of methoxy groups -OCH3 is 2. The highest BCUT2D eigenvalue weighted by Crippen LogP contribution is 2.42. The van der Waals surface area contributed by atoms with Crippen molar-refractivity contribution in [2.45, 2.75) is 192 Å². The summed E-state index contributed by atoms with van der Waals surface area (Å²) in [5.74, 6) is -5.91. The maximum atomic E-state index is 14.6. The molecule has 5 rings (SSSR count). The first-order valence-corrected chi connectivity index (χ1v) is 29.4. The number of hydrogen-bond acceptors (Lipinski definition) is 19. The van der Waals surface area contributed by atoms with E-state index in [-0.39, 0.29) is 42.8 Å². The third-order valence-corrected chi connectivity index (χ3v) is 16.7. The SMILES string of the molecule is CC[C@H]1OC(=O)[C@H](C)[C@@H](O[C@H]2C[C@@](C)(OC)[C@@H](OCCN(C)CCCc3ccc4c(c3)c(=O)c(C(=O)O)cn4N(C)C)[C@H](C)O2)[C@H](C)[C@@H](O[C@@H]2O[C@H](C)C[C@H](N(C)C)[C@H]2O)[C@](C)(OC)C[C@@H](C)C(=O)[C@H](C)[C@@H](O)[C@]1(C)O.O=P(O)(O)O. The molecule has 2 aromatic rings. The molecule has 0 aliphatic carbocycles. The number of aliphatic hydroxyl groups excluding tert-OH is 2. The van der Waals surface area contributed by atoms with Crippen LogP contribution in [0.4, 0.5) is 0 Å². The molecule has 4 heterocycles. The van der Waals surface area contributed by atoms with E-state index in [1.54, 1.807) is 64.7 Å². The molecule has 81 heavy (non-hydrogen) atoms. The summed E-state index contributed by atoms with van der Waals surface area (Å²) >= 11 is 0. The summed E-state index contributed by atoms with van der Waals surface area (Å²) in [6.45, 7) is 19.1. The molecule has 464 valence electrons. The number of ether oxygens (including phenoxy) is 8. The number of nitrogens with zero attached hydrogens (tertiary/aromatic N) is 4. The van der Waals surface area contributed by atoms with Crippen LogP contribution in [0.25, 0.3) is 10.9 Å². The highest BCUT2D eigenvalue weighted by Gasteiger charge is 2.54. The van der Waals surface area contributed by atoms with Gasteiger partial charge in [0.1, 0.15) is 35.3 Å². The third-order valence-electron chi connectivity index (χ3n) is 16.7. The van der Waals surface area contributed by atoms with Crippen LogP contribution in [-0.4, -0.2) is 221 Å². The second-order valence-corrected chi connectivity index (χ2v) is 24.6. The summed E-state index contributed by atoms with van der Waals surface area (Å²) in [5, 5.41) is 47.1. The van der Waals surface area contributed by atoms with Gasteiger partial charge in [-0.1, -0.05) is 33.8 Å². The smallest absolute Gasteiger partial charge is 0.466 e. The third kappa shape index (κ3) is 17.5. The number of rotatable bonds is 18. The van der Waals surface area contributed by atoms with Crippen molar-refractivity contribution in [1.82, 2.24) is 14.5 Å². The lowest BCUT2D eigenvalue weighted by Gasteiger charge is -2.50. The maximum Gasteiger partial charge on any atom is 0.466 e. The lowest BCUT2D eigenvalue weighted by atomic mass is 9.74. The zero-order valence-electron chi connectivity index (χ0n) is 50.5. The number of hydrogen-bond donors (Lipinski definition) is 7. The van der Waals surface area contributed by atoms with Gasteiger partial charge in [0.05, 0.1) is 59.8 Å². The second kappa shape index (κ2) is 29.0. The van der Waals surface area contributed by atoms with Gasteiger partial charge in [0.15, 0.2) is 12.6 Å². The first-order chi connectivity index (χ1) is 37.5. The number of carbonyl (C=O) groups excluding carboxylic acids is 2. The predicted molar refractivity (Wildman–Crippen MR) is 300 cm³/mol. The Morgan fingerprint density at radius 1 is 0.864 bits per heavy atom. The Labute approximate surface area is 477 Å². The summed E-state index contributed by atoms with van der Waals surface area (Å²) in [6.07, 6.45) is -5.71. The molecule has 24 nitrogen and oxygen atoms in total. The fourth-order valence-electron chi connectivity index (χ4n) is 11.9. The van der Waals surface area contributed by atoms with Gasteiger partial charge in [-0.05, 0) is 119 Å². The number of aromatic nitrogens is 1. The molecule has 25 heteroatoms. The molecule has 3 saturated heterocycles. The molecular formula is C56H95N4O20P. The number of pyridine rings is 1. The van der Waals surface area contributed by atoms with Crippen molar-refractivity contribution in [1.29, 1.82) is 0 Å². The van der Waals surface area contributed by atoms with Crippen LogP contribution in [0.3, 0.4) is 0 Å². The molecule has 18 atom stereocenters. The van der Waals surface area contributed by atoms with Gasteiger partial charge >= 0.3 is 19.8 Å². The number of likely N-dealkylation sites (N-methyl/N-ethyl adjacent to an activating group) is 2. The standard InChI is InChI=1S/C56H92N4O16.H3O4P/c1-18-42-56(10,68)48(64)33(4)44(61)31(2)28-54(8,69-16)49(76-53-46(63)41(57(11)12)26-32(3)72-53)34(5)47(35(6)52(67)74-42)75-43-29-55(9,70-17)50(36(7)73-43)71-25-24-59(15)23-19-20-37-21-22-40-38(27-37)45(62)39(51(65)66)30-60(40)58(13)14;1-5(2,3)4/h21-22,27,30-36,41-43,46-50,53,63-64,68H,18-20,23-26,28-29H2,1-17H3,(H,65,66);(H3,1,2,3,4)/t31-,32-,33+,34+,35-,36+,41+,42-,43+,46-,47+,48-,49-,50+,53+,54-,55-,56-;/m1./s1. The topological polar surface area (TPSA) is 315 Å². The number of aromatic carboxylic acids is 1. The molecule has 3 aliphatic rings. The highest BCUT2D eigenvalue weighted by atomic mass is 31.2. The van der Waals surface area contributed by atoms with Gasteiger partial charge in [-0.2, -0.15) is 0 Å².